The summed E-state index contributed by atoms with van der Waals surface area (Å²) in [6, 6.07) is 0.425. The van der Waals surface area contributed by atoms with Crippen LogP contribution in [0.25, 0.3) is 0 Å². The average Bonchev–Trinajstić information content (AvgIpc) is 2.67. The molecule has 0 bridgehead atoms. The molecular weight excluding hydrogens is 242 g/mol. The van der Waals surface area contributed by atoms with Gasteiger partial charge in [0, 0.05) is 11.9 Å². The molecule has 1 saturated heterocycles. The van der Waals surface area contributed by atoms with E-state index in [1.807, 2.05) is 0 Å². The van der Waals surface area contributed by atoms with E-state index >= 15 is 0 Å². The number of aromatic nitrogens is 1. The van der Waals surface area contributed by atoms with Gasteiger partial charge in [0.1, 0.15) is 5.01 Å². The first-order valence-electron chi connectivity index (χ1n) is 5.59. The Morgan fingerprint density at radius 1 is 1.50 bits per heavy atom. The first-order chi connectivity index (χ1) is 7.70. The molecule has 2 heterocycles. The van der Waals surface area contributed by atoms with Crippen molar-refractivity contribution in [3.05, 3.63) is 16.1 Å². The SMILES string of the molecule is CN1CCCN(C)C(c2nc(CCl)cs2)C1. The molecule has 1 aromatic rings. The van der Waals surface area contributed by atoms with Gasteiger partial charge in [-0.1, -0.05) is 0 Å². The number of rotatable bonds is 2. The zero-order valence-electron chi connectivity index (χ0n) is 9.82. The molecule has 0 aliphatic carbocycles. The van der Waals surface area contributed by atoms with E-state index in [4.69, 9.17) is 11.6 Å². The Labute approximate surface area is 106 Å². The number of halogens is 1. The lowest BCUT2D eigenvalue weighted by atomic mass is 10.2. The van der Waals surface area contributed by atoms with Gasteiger partial charge in [-0.15, -0.1) is 22.9 Å². The summed E-state index contributed by atoms with van der Waals surface area (Å²) in [5, 5.41) is 3.27. The van der Waals surface area contributed by atoms with E-state index in [0.717, 1.165) is 18.8 Å². The van der Waals surface area contributed by atoms with Crippen LogP contribution in [-0.2, 0) is 5.88 Å². The predicted molar refractivity (Wildman–Crippen MR) is 69.2 cm³/mol. The number of hydrogen-bond acceptors (Lipinski definition) is 4. The Morgan fingerprint density at radius 2 is 2.31 bits per heavy atom. The highest BCUT2D eigenvalue weighted by molar-refractivity contribution is 7.09. The zero-order chi connectivity index (χ0) is 11.5. The number of hydrogen-bond donors (Lipinski definition) is 0. The molecule has 0 aromatic carbocycles. The van der Waals surface area contributed by atoms with E-state index < -0.39 is 0 Å². The first kappa shape index (κ1) is 12.3. The Bertz CT molecular complexity index is 342. The average molecular weight is 260 g/mol. The van der Waals surface area contributed by atoms with Gasteiger partial charge in [-0.25, -0.2) is 4.98 Å². The van der Waals surface area contributed by atoms with Gasteiger partial charge in [0.05, 0.1) is 17.6 Å². The highest BCUT2D eigenvalue weighted by Crippen LogP contribution is 2.26. The molecule has 0 spiro atoms. The Hall–Kier alpha value is -0.160. The van der Waals surface area contributed by atoms with Crippen LogP contribution in [0.4, 0.5) is 0 Å². The molecule has 1 aromatic heterocycles. The highest BCUT2D eigenvalue weighted by atomic mass is 35.5. The number of thiazole rings is 1. The third-order valence-corrected chi connectivity index (χ3v) is 4.33. The second kappa shape index (κ2) is 5.45. The van der Waals surface area contributed by atoms with Crippen molar-refractivity contribution < 1.29 is 0 Å². The van der Waals surface area contributed by atoms with Gasteiger partial charge >= 0.3 is 0 Å². The van der Waals surface area contributed by atoms with Crippen molar-refractivity contribution in [1.82, 2.24) is 14.8 Å². The van der Waals surface area contributed by atoms with Crippen molar-refractivity contribution >= 4 is 22.9 Å². The van der Waals surface area contributed by atoms with Crippen LogP contribution in [-0.4, -0.2) is 48.5 Å². The highest BCUT2D eigenvalue weighted by Gasteiger charge is 2.24. The molecule has 1 unspecified atom stereocenters. The fourth-order valence-electron chi connectivity index (χ4n) is 2.08. The molecule has 1 atom stereocenters. The molecule has 1 fully saturated rings. The molecule has 0 N–H and O–H groups in total. The fourth-order valence-corrected chi connectivity index (χ4v) is 3.28. The van der Waals surface area contributed by atoms with Crippen LogP contribution in [0, 0.1) is 0 Å². The quantitative estimate of drug-likeness (QED) is 0.759. The van der Waals surface area contributed by atoms with Crippen LogP contribution < -0.4 is 0 Å². The number of nitrogens with zero attached hydrogens (tertiary/aromatic N) is 3. The maximum atomic E-state index is 5.80. The monoisotopic (exact) mass is 259 g/mol. The van der Waals surface area contributed by atoms with E-state index in [1.54, 1.807) is 11.3 Å². The third-order valence-electron chi connectivity index (χ3n) is 3.06. The third kappa shape index (κ3) is 2.74. The summed E-state index contributed by atoms with van der Waals surface area (Å²) in [5.74, 6) is 0.517. The van der Waals surface area contributed by atoms with Crippen LogP contribution in [0.5, 0.6) is 0 Å². The summed E-state index contributed by atoms with van der Waals surface area (Å²) < 4.78 is 0. The number of likely N-dealkylation sites (N-methyl/N-ethyl adjacent to an activating group) is 2. The van der Waals surface area contributed by atoms with Gasteiger partial charge in [0.2, 0.25) is 0 Å². The van der Waals surface area contributed by atoms with Crippen molar-refractivity contribution in [1.29, 1.82) is 0 Å². The second-order valence-electron chi connectivity index (χ2n) is 4.42. The molecule has 3 nitrogen and oxygen atoms in total. The lowest BCUT2D eigenvalue weighted by Crippen LogP contribution is -2.30. The summed E-state index contributed by atoms with van der Waals surface area (Å²) in [6.07, 6.45) is 1.23. The molecule has 0 amide bonds. The van der Waals surface area contributed by atoms with Gasteiger partial charge in [-0.05, 0) is 33.6 Å². The van der Waals surface area contributed by atoms with Crippen molar-refractivity contribution in [3.63, 3.8) is 0 Å². The first-order valence-corrected chi connectivity index (χ1v) is 7.01. The molecule has 90 valence electrons. The van der Waals surface area contributed by atoms with E-state index in [9.17, 15) is 0 Å². The van der Waals surface area contributed by atoms with Crippen LogP contribution in [0.3, 0.4) is 0 Å². The second-order valence-corrected chi connectivity index (χ2v) is 5.58. The van der Waals surface area contributed by atoms with E-state index in [0.29, 0.717) is 11.9 Å². The smallest absolute Gasteiger partial charge is 0.111 e. The lowest BCUT2D eigenvalue weighted by Gasteiger charge is -2.25. The maximum Gasteiger partial charge on any atom is 0.111 e. The largest absolute Gasteiger partial charge is 0.304 e. The van der Waals surface area contributed by atoms with Gasteiger partial charge in [0.25, 0.3) is 0 Å². The van der Waals surface area contributed by atoms with Crippen molar-refractivity contribution in [2.24, 2.45) is 0 Å². The minimum Gasteiger partial charge on any atom is -0.304 e. The normalized spacial score (nSPS) is 24.6. The molecule has 1 aliphatic rings. The Balaban J connectivity index is 2.15. The van der Waals surface area contributed by atoms with Crippen molar-refractivity contribution in [3.8, 4) is 0 Å². The van der Waals surface area contributed by atoms with E-state index in [-0.39, 0.29) is 0 Å². The molecule has 16 heavy (non-hydrogen) atoms. The zero-order valence-corrected chi connectivity index (χ0v) is 11.4. The van der Waals surface area contributed by atoms with Crippen molar-refractivity contribution in [2.45, 2.75) is 18.3 Å². The van der Waals surface area contributed by atoms with Crippen LogP contribution in [0.15, 0.2) is 5.38 Å². The summed E-state index contributed by atoms with van der Waals surface area (Å²) in [4.78, 5) is 9.39. The molecule has 5 heteroatoms. The maximum absolute atomic E-state index is 5.80. The van der Waals surface area contributed by atoms with E-state index in [2.05, 4.69) is 34.3 Å². The minimum absolute atomic E-state index is 0.425. The van der Waals surface area contributed by atoms with E-state index in [1.165, 1.54) is 18.0 Å². The van der Waals surface area contributed by atoms with Gasteiger partial charge in [0.15, 0.2) is 0 Å². The molecule has 1 aliphatic heterocycles. The minimum atomic E-state index is 0.425. The predicted octanol–water partition coefficient (Wildman–Crippen LogP) is 2.19. The summed E-state index contributed by atoms with van der Waals surface area (Å²) in [7, 11) is 4.37. The topological polar surface area (TPSA) is 19.4 Å². The van der Waals surface area contributed by atoms with Crippen LogP contribution in [0.2, 0.25) is 0 Å². The number of alkyl halides is 1. The van der Waals surface area contributed by atoms with Crippen LogP contribution >= 0.6 is 22.9 Å². The lowest BCUT2D eigenvalue weighted by molar-refractivity contribution is 0.228. The molecule has 0 saturated carbocycles. The van der Waals surface area contributed by atoms with Gasteiger partial charge in [-0.2, -0.15) is 0 Å². The fraction of sp³-hybridized carbons (Fsp3) is 0.727. The standard InChI is InChI=1S/C11H18ClN3S/c1-14-4-3-5-15(2)10(7-14)11-13-9(6-12)8-16-11/h8,10H,3-7H2,1-2H3. The van der Waals surface area contributed by atoms with Gasteiger partial charge in [-0.3, -0.25) is 4.90 Å². The summed E-state index contributed by atoms with van der Waals surface area (Å²) >= 11 is 7.53. The molecule has 2 rings (SSSR count). The Kier molecular flexibility index (Phi) is 4.19. The van der Waals surface area contributed by atoms with Crippen molar-refractivity contribution in [2.75, 3.05) is 33.7 Å². The summed E-state index contributed by atoms with van der Waals surface area (Å²) in [6.45, 7) is 3.38. The Morgan fingerprint density at radius 3 is 3.00 bits per heavy atom. The summed E-state index contributed by atoms with van der Waals surface area (Å²) in [5.41, 5.74) is 1.00. The van der Waals surface area contributed by atoms with Crippen LogP contribution in [0.1, 0.15) is 23.2 Å². The van der Waals surface area contributed by atoms with Gasteiger partial charge < -0.3 is 4.90 Å². The molecule has 0 radical (unpaired) electrons. The molecular formula is C11H18ClN3S.